The molecule has 3 N–H and O–H groups in total. The first-order chi connectivity index (χ1) is 18.2. The van der Waals surface area contributed by atoms with Crippen LogP contribution in [0.3, 0.4) is 0 Å². The van der Waals surface area contributed by atoms with Gasteiger partial charge in [0.1, 0.15) is 41.6 Å². The van der Waals surface area contributed by atoms with Gasteiger partial charge in [0, 0.05) is 19.2 Å². The summed E-state index contributed by atoms with van der Waals surface area (Å²) in [5.41, 5.74) is 0.0618. The molecule has 2 fully saturated rings. The highest BCUT2D eigenvalue weighted by Crippen LogP contribution is 2.31. The van der Waals surface area contributed by atoms with Crippen molar-refractivity contribution in [2.75, 3.05) is 26.9 Å². The maximum absolute atomic E-state index is 14.7. The lowest BCUT2D eigenvalue weighted by atomic mass is 10.1. The first-order valence-electron chi connectivity index (χ1n) is 11.8. The maximum atomic E-state index is 14.7. The Labute approximate surface area is 220 Å². The van der Waals surface area contributed by atoms with Crippen LogP contribution in [-0.4, -0.2) is 83.4 Å². The fourth-order valence-electron chi connectivity index (χ4n) is 4.16. The molecule has 2 saturated heterocycles. The largest absolute Gasteiger partial charge is 0.471 e. The van der Waals surface area contributed by atoms with Crippen molar-refractivity contribution in [1.82, 2.24) is 20.3 Å². The Morgan fingerprint density at radius 1 is 1.24 bits per heavy atom. The highest BCUT2D eigenvalue weighted by Gasteiger charge is 2.48. The summed E-state index contributed by atoms with van der Waals surface area (Å²) in [4.78, 5) is 23.6. The van der Waals surface area contributed by atoms with E-state index < -0.39 is 54.1 Å². The standard InChI is InChI=1S/C24H25ClF2N4O7/c1-10(34-2)6-28-22(33)11-3-14(26)12(15(27)4-11)7-37-23-13(25)5-16-21(30-23)31-24(29-16)38-18-9-36-19-17(32)8-35-20(18)19/h3-5,10,17-20,32H,6-9H2,1-2H3,(H,28,33)(H,29,30,31)/t10?,17-,18-,19?,20?/m1/s1. The van der Waals surface area contributed by atoms with E-state index in [0.717, 1.165) is 12.1 Å². The molecule has 204 valence electrons. The van der Waals surface area contributed by atoms with Crippen molar-refractivity contribution in [3.05, 3.63) is 46.0 Å². The van der Waals surface area contributed by atoms with Gasteiger partial charge in [0.15, 0.2) is 11.8 Å². The Morgan fingerprint density at radius 2 is 1.97 bits per heavy atom. The van der Waals surface area contributed by atoms with E-state index in [9.17, 15) is 18.7 Å². The zero-order valence-electron chi connectivity index (χ0n) is 20.4. The summed E-state index contributed by atoms with van der Waals surface area (Å²) in [5.74, 6) is -2.66. The highest BCUT2D eigenvalue weighted by molar-refractivity contribution is 6.32. The number of aliphatic hydroxyl groups excluding tert-OH is 1. The molecule has 14 heteroatoms. The number of nitrogens with one attached hydrogen (secondary N) is 2. The number of nitrogens with zero attached hydrogens (tertiary/aromatic N) is 2. The number of carbonyl (C=O) groups is 1. The van der Waals surface area contributed by atoms with Crippen LogP contribution in [0.4, 0.5) is 8.78 Å². The van der Waals surface area contributed by atoms with Crippen molar-refractivity contribution >= 4 is 28.7 Å². The topological polar surface area (TPSA) is 137 Å². The molecule has 3 aromatic rings. The maximum Gasteiger partial charge on any atom is 0.296 e. The number of methoxy groups -OCH3 is 1. The zero-order valence-corrected chi connectivity index (χ0v) is 21.1. The van der Waals surface area contributed by atoms with E-state index in [1.807, 2.05) is 0 Å². The number of pyridine rings is 1. The van der Waals surface area contributed by atoms with E-state index in [2.05, 4.69) is 20.3 Å². The normalized spacial score (nSPS) is 23.4. The van der Waals surface area contributed by atoms with Gasteiger partial charge in [-0.2, -0.15) is 9.97 Å². The van der Waals surface area contributed by atoms with Crippen molar-refractivity contribution in [3.8, 4) is 11.9 Å². The van der Waals surface area contributed by atoms with Gasteiger partial charge in [-0.3, -0.25) is 4.79 Å². The van der Waals surface area contributed by atoms with E-state index in [-0.39, 0.29) is 54.0 Å². The third kappa shape index (κ3) is 5.38. The Morgan fingerprint density at radius 3 is 2.71 bits per heavy atom. The third-order valence-corrected chi connectivity index (χ3v) is 6.60. The molecule has 0 saturated carbocycles. The SMILES string of the molecule is COC(C)CNC(=O)c1cc(F)c(COc2nc3nc(O[C@@H]4COC5C4OC[C@H]5O)[nH]c3cc2Cl)c(F)c1. The number of fused-ring (bicyclic) bond motifs is 2. The number of aliphatic hydroxyl groups is 1. The smallest absolute Gasteiger partial charge is 0.296 e. The van der Waals surface area contributed by atoms with Gasteiger partial charge in [0.05, 0.1) is 30.4 Å². The van der Waals surface area contributed by atoms with Gasteiger partial charge < -0.3 is 39.1 Å². The van der Waals surface area contributed by atoms with Crippen LogP contribution in [0.15, 0.2) is 18.2 Å². The highest BCUT2D eigenvalue weighted by atomic mass is 35.5. The second-order valence-electron chi connectivity index (χ2n) is 8.97. The van der Waals surface area contributed by atoms with E-state index in [4.69, 9.17) is 35.3 Å². The fraction of sp³-hybridized carbons (Fsp3) is 0.458. The summed E-state index contributed by atoms with van der Waals surface area (Å²) < 4.78 is 56.8. The number of rotatable bonds is 9. The average Bonchev–Trinajstić information content (AvgIpc) is 3.58. The summed E-state index contributed by atoms with van der Waals surface area (Å²) in [6.45, 7) is 1.77. The summed E-state index contributed by atoms with van der Waals surface area (Å²) in [5, 5.41) is 12.5. The Balaban J connectivity index is 1.26. The molecule has 5 atom stereocenters. The van der Waals surface area contributed by atoms with E-state index in [1.54, 1.807) is 6.92 Å². The molecular formula is C24H25ClF2N4O7. The number of H-pyrrole nitrogens is 1. The van der Waals surface area contributed by atoms with Crippen LogP contribution >= 0.6 is 11.6 Å². The number of ether oxygens (including phenoxy) is 5. The first kappa shape index (κ1) is 26.5. The number of hydrogen-bond donors (Lipinski definition) is 3. The minimum Gasteiger partial charge on any atom is -0.471 e. The number of halogens is 3. The predicted octanol–water partition coefficient (Wildman–Crippen LogP) is 2.14. The van der Waals surface area contributed by atoms with Gasteiger partial charge >= 0.3 is 0 Å². The lowest BCUT2D eigenvalue weighted by Gasteiger charge is -2.15. The summed E-state index contributed by atoms with van der Waals surface area (Å²) in [7, 11) is 1.49. The van der Waals surface area contributed by atoms with Crippen LogP contribution in [0.25, 0.3) is 11.2 Å². The summed E-state index contributed by atoms with van der Waals surface area (Å²) in [6.07, 6.45) is -2.33. The minimum atomic E-state index is -0.959. The van der Waals surface area contributed by atoms with Gasteiger partial charge in [-0.1, -0.05) is 11.6 Å². The van der Waals surface area contributed by atoms with Crippen LogP contribution in [0.5, 0.6) is 11.9 Å². The number of hydrogen-bond acceptors (Lipinski definition) is 9. The minimum absolute atomic E-state index is 0.0725. The molecular weight excluding hydrogens is 530 g/mol. The molecule has 0 spiro atoms. The van der Waals surface area contributed by atoms with E-state index >= 15 is 0 Å². The number of imidazole rings is 1. The molecule has 0 radical (unpaired) electrons. The van der Waals surface area contributed by atoms with Gasteiger partial charge in [0.25, 0.3) is 11.9 Å². The van der Waals surface area contributed by atoms with Gasteiger partial charge in [-0.05, 0) is 25.1 Å². The quantitative estimate of drug-likeness (QED) is 0.363. The Kier molecular flexibility index (Phi) is 7.63. The third-order valence-electron chi connectivity index (χ3n) is 6.33. The molecule has 0 aliphatic carbocycles. The van der Waals surface area contributed by atoms with Crippen molar-refractivity contribution < 1.29 is 42.4 Å². The molecule has 1 amide bonds. The van der Waals surface area contributed by atoms with Crippen LogP contribution in [0.2, 0.25) is 5.02 Å². The molecule has 0 bridgehead atoms. The molecule has 1 aromatic carbocycles. The van der Waals surface area contributed by atoms with Crippen molar-refractivity contribution in [3.63, 3.8) is 0 Å². The number of aromatic nitrogens is 3. The predicted molar refractivity (Wildman–Crippen MR) is 128 cm³/mol. The van der Waals surface area contributed by atoms with Crippen LogP contribution in [-0.2, 0) is 20.8 Å². The van der Waals surface area contributed by atoms with Crippen LogP contribution in [0.1, 0.15) is 22.8 Å². The second-order valence-corrected chi connectivity index (χ2v) is 9.38. The molecule has 5 rings (SSSR count). The molecule has 38 heavy (non-hydrogen) atoms. The fourth-order valence-corrected chi connectivity index (χ4v) is 4.37. The summed E-state index contributed by atoms with van der Waals surface area (Å²) in [6, 6.07) is 3.47. The number of amides is 1. The van der Waals surface area contributed by atoms with Gasteiger partial charge in [-0.15, -0.1) is 0 Å². The molecule has 2 aromatic heterocycles. The molecule has 2 aliphatic rings. The van der Waals surface area contributed by atoms with Crippen LogP contribution in [0, 0.1) is 11.6 Å². The monoisotopic (exact) mass is 554 g/mol. The number of benzene rings is 1. The Hall–Kier alpha value is -3.10. The lowest BCUT2D eigenvalue weighted by Crippen LogP contribution is -2.34. The average molecular weight is 555 g/mol. The molecule has 4 heterocycles. The van der Waals surface area contributed by atoms with Crippen molar-refractivity contribution in [1.29, 1.82) is 0 Å². The van der Waals surface area contributed by atoms with Gasteiger partial charge in [0.2, 0.25) is 5.88 Å². The van der Waals surface area contributed by atoms with Gasteiger partial charge in [-0.25, -0.2) is 8.78 Å². The lowest BCUT2D eigenvalue weighted by molar-refractivity contribution is 0.00706. The second kappa shape index (κ2) is 10.9. The molecule has 2 aliphatic heterocycles. The molecule has 11 nitrogen and oxygen atoms in total. The van der Waals surface area contributed by atoms with Crippen molar-refractivity contribution in [2.45, 2.75) is 44.1 Å². The van der Waals surface area contributed by atoms with E-state index in [0.29, 0.717) is 5.52 Å². The number of aromatic amines is 1. The zero-order chi connectivity index (χ0) is 27.0. The number of carbonyl (C=O) groups excluding carboxylic acids is 1. The van der Waals surface area contributed by atoms with Crippen molar-refractivity contribution in [2.24, 2.45) is 0 Å². The Bertz CT molecular complexity index is 1320. The molecule has 3 unspecified atom stereocenters. The van der Waals surface area contributed by atoms with Crippen LogP contribution < -0.4 is 14.8 Å². The first-order valence-corrected chi connectivity index (χ1v) is 12.2. The summed E-state index contributed by atoms with van der Waals surface area (Å²) >= 11 is 6.26. The van der Waals surface area contributed by atoms with E-state index in [1.165, 1.54) is 13.2 Å².